The fraction of sp³-hybridized carbons (Fsp3) is 0.435. The molecule has 1 N–H and O–H groups in total. The van der Waals surface area contributed by atoms with E-state index in [1.54, 1.807) is 24.3 Å². The lowest BCUT2D eigenvalue weighted by Crippen LogP contribution is -2.31. The number of carbonyl (C=O) groups is 1. The fourth-order valence-corrected chi connectivity index (χ4v) is 4.32. The summed E-state index contributed by atoms with van der Waals surface area (Å²) < 4.78 is 31.3. The largest absolute Gasteiger partial charge is 0.494 e. The van der Waals surface area contributed by atoms with Crippen molar-refractivity contribution in [3.8, 4) is 5.75 Å². The number of rotatable bonds is 11. The first kappa shape index (κ1) is 23.7. The second-order valence-electron chi connectivity index (χ2n) is 7.07. The van der Waals surface area contributed by atoms with Crippen molar-refractivity contribution in [2.75, 3.05) is 29.0 Å². The first-order valence-electron chi connectivity index (χ1n) is 10.4. The third-order valence-corrected chi connectivity index (χ3v) is 6.06. The van der Waals surface area contributed by atoms with Gasteiger partial charge in [-0.25, -0.2) is 8.42 Å². The number of nitrogens with zero attached hydrogens (tertiary/aromatic N) is 1. The second-order valence-corrected chi connectivity index (χ2v) is 8.98. The zero-order valence-corrected chi connectivity index (χ0v) is 19.1. The first-order chi connectivity index (χ1) is 14.3. The van der Waals surface area contributed by atoms with Crippen LogP contribution in [0.15, 0.2) is 42.5 Å². The molecule has 0 aromatic heterocycles. The Morgan fingerprint density at radius 1 is 1.00 bits per heavy atom. The molecule has 0 atom stereocenters. The van der Waals surface area contributed by atoms with Crippen molar-refractivity contribution >= 4 is 27.3 Å². The quantitative estimate of drug-likeness (QED) is 0.571. The van der Waals surface area contributed by atoms with Crippen LogP contribution in [-0.2, 0) is 27.7 Å². The molecular formula is C23H32N2O4S. The zero-order valence-electron chi connectivity index (χ0n) is 18.3. The van der Waals surface area contributed by atoms with E-state index in [9.17, 15) is 13.2 Å². The Hall–Kier alpha value is -2.54. The maximum atomic E-state index is 12.5. The molecule has 0 radical (unpaired) electrons. The van der Waals surface area contributed by atoms with Gasteiger partial charge in [0.2, 0.25) is 15.9 Å². The summed E-state index contributed by atoms with van der Waals surface area (Å²) in [5, 5.41) is 3.03. The van der Waals surface area contributed by atoms with Crippen molar-refractivity contribution in [2.45, 2.75) is 46.5 Å². The molecule has 0 aliphatic heterocycles. The van der Waals surface area contributed by atoms with Crippen LogP contribution in [0.25, 0.3) is 0 Å². The van der Waals surface area contributed by atoms with Gasteiger partial charge in [-0.05, 0) is 61.6 Å². The summed E-state index contributed by atoms with van der Waals surface area (Å²) in [7, 11) is -3.46. The Balaban J connectivity index is 2.03. The molecule has 30 heavy (non-hydrogen) atoms. The molecule has 0 fully saturated rings. The van der Waals surface area contributed by atoms with E-state index in [1.807, 2.05) is 25.1 Å². The fourth-order valence-electron chi connectivity index (χ4n) is 3.35. The van der Waals surface area contributed by atoms with Crippen molar-refractivity contribution < 1.29 is 17.9 Å². The van der Waals surface area contributed by atoms with Gasteiger partial charge in [-0.2, -0.15) is 0 Å². The summed E-state index contributed by atoms with van der Waals surface area (Å²) in [4.78, 5) is 12.5. The van der Waals surface area contributed by atoms with Gasteiger partial charge in [0.15, 0.2) is 0 Å². The van der Waals surface area contributed by atoms with Gasteiger partial charge in [0.05, 0.1) is 18.6 Å². The van der Waals surface area contributed by atoms with E-state index in [-0.39, 0.29) is 18.9 Å². The maximum Gasteiger partial charge on any atom is 0.232 e. The van der Waals surface area contributed by atoms with Gasteiger partial charge in [-0.3, -0.25) is 9.10 Å². The van der Waals surface area contributed by atoms with Crippen molar-refractivity contribution in [1.29, 1.82) is 0 Å². The SMILES string of the molecule is CCOc1ccc(N(CCCC(=O)Nc2c(CC)cccc2CC)S(C)(=O)=O)cc1. The maximum absolute atomic E-state index is 12.5. The molecule has 2 rings (SSSR count). The standard InChI is InChI=1S/C23H32N2O4S/c1-5-18-10-8-11-19(6-2)23(18)24-22(26)12-9-17-25(30(4,27)28)20-13-15-21(16-14-20)29-7-3/h8,10-11,13-16H,5-7,9,12,17H2,1-4H3,(H,24,26). The van der Waals surface area contributed by atoms with Crippen molar-refractivity contribution in [3.63, 3.8) is 0 Å². The first-order valence-corrected chi connectivity index (χ1v) is 12.3. The number of benzene rings is 2. The summed E-state index contributed by atoms with van der Waals surface area (Å²) in [6, 6.07) is 13.0. The van der Waals surface area contributed by atoms with Gasteiger partial charge >= 0.3 is 0 Å². The number of para-hydroxylation sites is 1. The van der Waals surface area contributed by atoms with Crippen molar-refractivity contribution in [1.82, 2.24) is 0 Å². The van der Waals surface area contributed by atoms with E-state index < -0.39 is 10.0 Å². The molecule has 2 aromatic carbocycles. The topological polar surface area (TPSA) is 75.7 Å². The molecule has 6 nitrogen and oxygen atoms in total. The van der Waals surface area contributed by atoms with E-state index in [0.29, 0.717) is 24.5 Å². The number of nitrogens with one attached hydrogen (secondary N) is 1. The van der Waals surface area contributed by atoms with Crippen LogP contribution >= 0.6 is 0 Å². The van der Waals surface area contributed by atoms with Crippen LogP contribution in [0.2, 0.25) is 0 Å². The summed E-state index contributed by atoms with van der Waals surface area (Å²) >= 11 is 0. The number of hydrogen-bond acceptors (Lipinski definition) is 4. The monoisotopic (exact) mass is 432 g/mol. The third-order valence-electron chi connectivity index (χ3n) is 4.86. The summed E-state index contributed by atoms with van der Waals surface area (Å²) in [5.74, 6) is 0.584. The van der Waals surface area contributed by atoms with Crippen LogP contribution in [0.4, 0.5) is 11.4 Å². The van der Waals surface area contributed by atoms with Crippen LogP contribution in [0, 0.1) is 0 Å². The van der Waals surface area contributed by atoms with Crippen LogP contribution in [0.3, 0.4) is 0 Å². The molecular weight excluding hydrogens is 400 g/mol. The van der Waals surface area contributed by atoms with E-state index in [4.69, 9.17) is 4.74 Å². The van der Waals surface area contributed by atoms with Gasteiger partial charge in [-0.15, -0.1) is 0 Å². The third kappa shape index (κ3) is 6.49. The number of sulfonamides is 1. The normalized spacial score (nSPS) is 11.2. The average Bonchev–Trinajstić information content (AvgIpc) is 2.71. The molecule has 7 heteroatoms. The Morgan fingerprint density at radius 3 is 2.10 bits per heavy atom. The van der Waals surface area contributed by atoms with Gasteiger partial charge in [-0.1, -0.05) is 32.0 Å². The molecule has 0 spiro atoms. The summed E-state index contributed by atoms with van der Waals surface area (Å²) in [6.45, 7) is 6.79. The number of carbonyl (C=O) groups excluding carboxylic acids is 1. The lowest BCUT2D eigenvalue weighted by molar-refractivity contribution is -0.116. The Bertz CT molecular complexity index is 918. The van der Waals surface area contributed by atoms with Crippen LogP contribution in [0.5, 0.6) is 5.75 Å². The number of hydrogen-bond donors (Lipinski definition) is 1. The number of anilines is 2. The Kier molecular flexibility index (Phi) is 8.72. The second kappa shape index (κ2) is 11.0. The van der Waals surface area contributed by atoms with Gasteiger partial charge < -0.3 is 10.1 Å². The molecule has 0 aliphatic rings. The highest BCUT2D eigenvalue weighted by atomic mass is 32.2. The molecule has 1 amide bonds. The smallest absolute Gasteiger partial charge is 0.232 e. The minimum Gasteiger partial charge on any atom is -0.494 e. The lowest BCUT2D eigenvalue weighted by atomic mass is 10.0. The molecule has 164 valence electrons. The van der Waals surface area contributed by atoms with E-state index in [2.05, 4.69) is 19.2 Å². The van der Waals surface area contributed by atoms with Crippen LogP contribution in [-0.4, -0.2) is 33.7 Å². The molecule has 0 bridgehead atoms. The highest BCUT2D eigenvalue weighted by molar-refractivity contribution is 7.92. The van der Waals surface area contributed by atoms with E-state index in [0.717, 1.165) is 29.7 Å². The highest BCUT2D eigenvalue weighted by Crippen LogP contribution is 2.24. The van der Waals surface area contributed by atoms with Gasteiger partial charge in [0, 0.05) is 18.7 Å². The Morgan fingerprint density at radius 2 is 1.60 bits per heavy atom. The van der Waals surface area contributed by atoms with E-state index >= 15 is 0 Å². The average molecular weight is 433 g/mol. The van der Waals surface area contributed by atoms with Crippen molar-refractivity contribution in [3.05, 3.63) is 53.6 Å². The summed E-state index contributed by atoms with van der Waals surface area (Å²) in [5.41, 5.74) is 3.66. The molecule has 2 aromatic rings. The molecule has 0 unspecified atom stereocenters. The van der Waals surface area contributed by atoms with Crippen LogP contribution < -0.4 is 14.4 Å². The minimum atomic E-state index is -3.46. The summed E-state index contributed by atoms with van der Waals surface area (Å²) in [6.07, 6.45) is 3.51. The number of amides is 1. The molecule has 0 saturated carbocycles. The van der Waals surface area contributed by atoms with Gasteiger partial charge in [0.25, 0.3) is 0 Å². The Labute approximate surface area is 180 Å². The van der Waals surface area contributed by atoms with Crippen molar-refractivity contribution in [2.24, 2.45) is 0 Å². The highest BCUT2D eigenvalue weighted by Gasteiger charge is 2.18. The zero-order chi connectivity index (χ0) is 22.1. The minimum absolute atomic E-state index is 0.106. The van der Waals surface area contributed by atoms with Crippen LogP contribution in [0.1, 0.15) is 44.7 Å². The number of ether oxygens (including phenoxy) is 1. The van der Waals surface area contributed by atoms with E-state index in [1.165, 1.54) is 10.6 Å². The number of aryl methyl sites for hydroxylation is 2. The lowest BCUT2D eigenvalue weighted by Gasteiger charge is -2.22. The molecule has 0 saturated heterocycles. The molecule has 0 heterocycles. The molecule has 0 aliphatic carbocycles. The predicted octanol–water partition coefficient (Wildman–Crippen LogP) is 4.40. The predicted molar refractivity (Wildman–Crippen MR) is 123 cm³/mol. The van der Waals surface area contributed by atoms with Gasteiger partial charge in [0.1, 0.15) is 5.75 Å².